The first-order valence-corrected chi connectivity index (χ1v) is 6.71. The molecule has 0 radical (unpaired) electrons. The van der Waals surface area contributed by atoms with E-state index in [-0.39, 0.29) is 5.56 Å². The van der Waals surface area contributed by atoms with Gasteiger partial charge in [0.15, 0.2) is 0 Å². The smallest absolute Gasteiger partial charge is 0.336 e. The molecule has 0 amide bonds. The number of carboxylic acids is 1. The number of aromatic carboxylic acids is 1. The van der Waals surface area contributed by atoms with Crippen LogP contribution < -0.4 is 0 Å². The predicted octanol–water partition coefficient (Wildman–Crippen LogP) is 4.32. The highest BCUT2D eigenvalue weighted by atomic mass is 19.1. The highest BCUT2D eigenvalue weighted by Gasteiger charge is 2.13. The van der Waals surface area contributed by atoms with Crippen LogP contribution in [0.5, 0.6) is 0 Å². The largest absolute Gasteiger partial charge is 0.478 e. The van der Waals surface area contributed by atoms with Gasteiger partial charge in [-0.3, -0.25) is 0 Å². The van der Waals surface area contributed by atoms with Gasteiger partial charge in [-0.2, -0.15) is 0 Å². The van der Waals surface area contributed by atoms with Gasteiger partial charge in [-0.1, -0.05) is 38.1 Å². The molecule has 2 rings (SSSR count). The van der Waals surface area contributed by atoms with Gasteiger partial charge in [0.1, 0.15) is 5.82 Å². The molecule has 0 aliphatic heterocycles. The number of rotatable bonds is 4. The third-order valence-corrected chi connectivity index (χ3v) is 3.49. The van der Waals surface area contributed by atoms with Crippen LogP contribution in [0, 0.1) is 5.82 Å². The van der Waals surface area contributed by atoms with Crippen molar-refractivity contribution in [2.24, 2.45) is 0 Å². The molecule has 20 heavy (non-hydrogen) atoms. The molecule has 0 spiro atoms. The van der Waals surface area contributed by atoms with Crippen molar-refractivity contribution in [3.63, 3.8) is 0 Å². The highest BCUT2D eigenvalue weighted by molar-refractivity contribution is 5.96. The summed E-state index contributed by atoms with van der Waals surface area (Å²) in [4.78, 5) is 11.3. The lowest BCUT2D eigenvalue weighted by molar-refractivity contribution is 0.0697. The van der Waals surface area contributed by atoms with E-state index in [1.54, 1.807) is 0 Å². The standard InChI is InChI=1S/C17H17FO2/c1-3-11-5-6-13(9-12(11)4-2)15-8-7-14(18)10-16(15)17(19)20/h5-10H,3-4H2,1-2H3,(H,19,20). The lowest BCUT2D eigenvalue weighted by Crippen LogP contribution is -2.01. The van der Waals surface area contributed by atoms with Crippen molar-refractivity contribution in [3.8, 4) is 11.1 Å². The molecule has 104 valence electrons. The molecule has 0 heterocycles. The zero-order valence-corrected chi connectivity index (χ0v) is 11.6. The van der Waals surface area contributed by atoms with Crippen molar-refractivity contribution in [2.45, 2.75) is 26.7 Å². The Morgan fingerprint density at radius 2 is 1.75 bits per heavy atom. The molecule has 0 aliphatic carbocycles. The summed E-state index contributed by atoms with van der Waals surface area (Å²) in [5.41, 5.74) is 3.82. The van der Waals surface area contributed by atoms with E-state index in [0.717, 1.165) is 24.5 Å². The number of carbonyl (C=O) groups is 1. The fourth-order valence-electron chi connectivity index (χ4n) is 2.41. The molecule has 1 N–H and O–H groups in total. The Hall–Kier alpha value is -2.16. The number of hydrogen-bond acceptors (Lipinski definition) is 1. The monoisotopic (exact) mass is 272 g/mol. The summed E-state index contributed by atoms with van der Waals surface area (Å²) in [5, 5.41) is 9.21. The SMILES string of the molecule is CCc1ccc(-c2ccc(F)cc2C(=O)O)cc1CC. The van der Waals surface area contributed by atoms with Gasteiger partial charge < -0.3 is 5.11 Å². The van der Waals surface area contributed by atoms with Crippen LogP contribution in [-0.2, 0) is 12.8 Å². The topological polar surface area (TPSA) is 37.3 Å². The highest BCUT2D eigenvalue weighted by Crippen LogP contribution is 2.27. The Kier molecular flexibility index (Phi) is 4.18. The van der Waals surface area contributed by atoms with Gasteiger partial charge in [0.05, 0.1) is 5.56 Å². The number of aryl methyl sites for hydroxylation is 2. The first kappa shape index (κ1) is 14.3. The fraction of sp³-hybridized carbons (Fsp3) is 0.235. The van der Waals surface area contributed by atoms with E-state index in [1.165, 1.54) is 23.3 Å². The molecule has 0 unspecified atom stereocenters. The zero-order chi connectivity index (χ0) is 14.7. The maximum absolute atomic E-state index is 13.2. The molecule has 2 aromatic rings. The Balaban J connectivity index is 2.59. The number of carboxylic acid groups (broad SMARTS) is 1. The second-order valence-electron chi connectivity index (χ2n) is 4.69. The van der Waals surface area contributed by atoms with Crippen LogP contribution in [0.3, 0.4) is 0 Å². The molecule has 0 aromatic heterocycles. The minimum Gasteiger partial charge on any atom is -0.478 e. The molecule has 0 bridgehead atoms. The van der Waals surface area contributed by atoms with Gasteiger partial charge >= 0.3 is 5.97 Å². The van der Waals surface area contributed by atoms with E-state index in [1.807, 2.05) is 18.2 Å². The van der Waals surface area contributed by atoms with Crippen molar-refractivity contribution < 1.29 is 14.3 Å². The van der Waals surface area contributed by atoms with Crippen LogP contribution in [0.15, 0.2) is 36.4 Å². The van der Waals surface area contributed by atoms with Crippen LogP contribution in [0.1, 0.15) is 35.3 Å². The average Bonchev–Trinajstić information content (AvgIpc) is 2.46. The zero-order valence-electron chi connectivity index (χ0n) is 11.6. The van der Waals surface area contributed by atoms with E-state index in [2.05, 4.69) is 13.8 Å². The quantitative estimate of drug-likeness (QED) is 0.900. The molecule has 0 saturated carbocycles. The maximum Gasteiger partial charge on any atom is 0.336 e. The molecule has 0 fully saturated rings. The first-order chi connectivity index (χ1) is 9.56. The summed E-state index contributed by atoms with van der Waals surface area (Å²) in [7, 11) is 0. The molecule has 2 nitrogen and oxygen atoms in total. The van der Waals surface area contributed by atoms with Gasteiger partial charge in [0.25, 0.3) is 0 Å². The van der Waals surface area contributed by atoms with E-state index in [0.29, 0.717) is 5.56 Å². The van der Waals surface area contributed by atoms with Crippen LogP contribution in [0.4, 0.5) is 4.39 Å². The lowest BCUT2D eigenvalue weighted by atomic mass is 9.94. The number of benzene rings is 2. The maximum atomic E-state index is 13.2. The number of hydrogen-bond donors (Lipinski definition) is 1. The predicted molar refractivity (Wildman–Crippen MR) is 77.6 cm³/mol. The Bertz CT molecular complexity index is 647. The average molecular weight is 272 g/mol. The summed E-state index contributed by atoms with van der Waals surface area (Å²) in [6, 6.07) is 9.80. The minimum absolute atomic E-state index is 0.00342. The first-order valence-electron chi connectivity index (χ1n) is 6.71. The molecule has 0 atom stereocenters. The normalized spacial score (nSPS) is 10.6. The fourth-order valence-corrected chi connectivity index (χ4v) is 2.41. The third kappa shape index (κ3) is 2.72. The van der Waals surface area contributed by atoms with E-state index < -0.39 is 11.8 Å². The van der Waals surface area contributed by atoms with Crippen LogP contribution in [0.25, 0.3) is 11.1 Å². The van der Waals surface area contributed by atoms with Crippen LogP contribution in [-0.4, -0.2) is 11.1 Å². The van der Waals surface area contributed by atoms with Gasteiger partial charge in [-0.25, -0.2) is 9.18 Å². The second kappa shape index (κ2) is 5.87. The number of halogens is 1. The molecule has 0 saturated heterocycles. The van der Waals surface area contributed by atoms with Crippen LogP contribution in [0.2, 0.25) is 0 Å². The van der Waals surface area contributed by atoms with Crippen molar-refractivity contribution in [2.75, 3.05) is 0 Å². The van der Waals surface area contributed by atoms with Crippen molar-refractivity contribution in [1.29, 1.82) is 0 Å². The summed E-state index contributed by atoms with van der Waals surface area (Å²) < 4.78 is 13.2. The van der Waals surface area contributed by atoms with Gasteiger partial charge in [-0.05, 0) is 47.2 Å². The second-order valence-corrected chi connectivity index (χ2v) is 4.69. The molecule has 0 aliphatic rings. The van der Waals surface area contributed by atoms with E-state index in [4.69, 9.17) is 0 Å². The summed E-state index contributed by atoms with van der Waals surface area (Å²) in [6.45, 7) is 4.16. The van der Waals surface area contributed by atoms with Gasteiger partial charge in [0, 0.05) is 0 Å². The molecule has 3 heteroatoms. The van der Waals surface area contributed by atoms with Gasteiger partial charge in [-0.15, -0.1) is 0 Å². The third-order valence-electron chi connectivity index (χ3n) is 3.49. The summed E-state index contributed by atoms with van der Waals surface area (Å²) in [6.07, 6.45) is 1.83. The van der Waals surface area contributed by atoms with Gasteiger partial charge in [0.2, 0.25) is 0 Å². The Morgan fingerprint density at radius 3 is 2.35 bits per heavy atom. The molecular weight excluding hydrogens is 255 g/mol. The molecule has 2 aromatic carbocycles. The van der Waals surface area contributed by atoms with Crippen molar-refractivity contribution >= 4 is 5.97 Å². The van der Waals surface area contributed by atoms with Crippen molar-refractivity contribution in [1.82, 2.24) is 0 Å². The van der Waals surface area contributed by atoms with Crippen LogP contribution >= 0.6 is 0 Å². The summed E-state index contributed by atoms with van der Waals surface area (Å²) >= 11 is 0. The molecular formula is C17H17FO2. The minimum atomic E-state index is -1.11. The summed E-state index contributed by atoms with van der Waals surface area (Å²) in [5.74, 6) is -1.65. The van der Waals surface area contributed by atoms with E-state index >= 15 is 0 Å². The van der Waals surface area contributed by atoms with Crippen molar-refractivity contribution in [3.05, 3.63) is 58.9 Å². The Labute approximate surface area is 117 Å². The lowest BCUT2D eigenvalue weighted by Gasteiger charge is -2.11. The van der Waals surface area contributed by atoms with E-state index in [9.17, 15) is 14.3 Å². The Morgan fingerprint density at radius 1 is 1.05 bits per heavy atom.